The van der Waals surface area contributed by atoms with Crippen LogP contribution in [0, 0.1) is 22.7 Å². The summed E-state index contributed by atoms with van der Waals surface area (Å²) < 4.78 is 16.2. The number of ether oxygens (including phenoxy) is 3. The van der Waals surface area contributed by atoms with Crippen molar-refractivity contribution in [3.63, 3.8) is 0 Å². The lowest BCUT2D eigenvalue weighted by Crippen LogP contribution is -2.70. The molecule has 3 fully saturated rings. The lowest BCUT2D eigenvalue weighted by atomic mass is 9.43. The number of aliphatic hydroxyl groups excluding tert-OH is 1. The molecule has 2 aliphatic heterocycles. The number of esters is 2. The van der Waals surface area contributed by atoms with E-state index in [2.05, 4.69) is 0 Å². The number of carbonyl (C=O) groups excluding carboxylic acids is 3. The number of carbonyl (C=O) groups is 3. The molecule has 8 heteroatoms. The Kier molecular flexibility index (Phi) is 3.06. The maximum Gasteiger partial charge on any atom is 0.342 e. The SMILES string of the molecule is COC(=O)[C@@]1(O)C=C(C)C2=CC(=O)[C@@]34CO[C@]5(C)[C@@H](OC(=O)[C@@H]53)[C@H](O)[C@@H]4[C@@]21C. The monoisotopic (exact) mass is 390 g/mol. The highest BCUT2D eigenvalue weighted by Crippen LogP contribution is 2.72. The van der Waals surface area contributed by atoms with Gasteiger partial charge in [0.25, 0.3) is 0 Å². The van der Waals surface area contributed by atoms with Gasteiger partial charge in [0.15, 0.2) is 17.5 Å². The zero-order valence-electron chi connectivity index (χ0n) is 16.0. The number of rotatable bonds is 1. The molecule has 0 aromatic rings. The van der Waals surface area contributed by atoms with Gasteiger partial charge in [-0.25, -0.2) is 4.79 Å². The molecule has 4 bridgehead atoms. The second-order valence-electron chi connectivity index (χ2n) is 8.98. The van der Waals surface area contributed by atoms with Crippen LogP contribution in [0.15, 0.2) is 23.3 Å². The molecule has 28 heavy (non-hydrogen) atoms. The van der Waals surface area contributed by atoms with Gasteiger partial charge in [-0.1, -0.05) is 6.92 Å². The molecule has 5 aliphatic rings. The van der Waals surface area contributed by atoms with Crippen LogP contribution in [-0.4, -0.2) is 65.1 Å². The fourth-order valence-corrected chi connectivity index (χ4v) is 6.85. The fraction of sp³-hybridized carbons (Fsp3) is 0.650. The zero-order valence-corrected chi connectivity index (χ0v) is 16.0. The van der Waals surface area contributed by atoms with Crippen LogP contribution in [0.25, 0.3) is 0 Å². The lowest BCUT2D eigenvalue weighted by Gasteiger charge is -2.57. The van der Waals surface area contributed by atoms with Gasteiger partial charge in [0.1, 0.15) is 11.5 Å². The largest absolute Gasteiger partial charge is 0.467 e. The Balaban J connectivity index is 1.83. The minimum absolute atomic E-state index is 0.0873. The van der Waals surface area contributed by atoms with Crippen molar-refractivity contribution in [1.82, 2.24) is 0 Å². The molecule has 0 unspecified atom stereocenters. The molecule has 2 N–H and O–H groups in total. The Labute approximate surface area is 161 Å². The number of allylic oxidation sites excluding steroid dienone is 2. The Morgan fingerprint density at radius 1 is 1.32 bits per heavy atom. The van der Waals surface area contributed by atoms with Crippen LogP contribution in [0.1, 0.15) is 20.8 Å². The van der Waals surface area contributed by atoms with Crippen molar-refractivity contribution in [2.75, 3.05) is 13.7 Å². The summed E-state index contributed by atoms with van der Waals surface area (Å²) in [5, 5.41) is 22.8. The highest BCUT2D eigenvalue weighted by Gasteiger charge is 2.84. The smallest absolute Gasteiger partial charge is 0.342 e. The topological polar surface area (TPSA) is 119 Å². The van der Waals surface area contributed by atoms with Gasteiger partial charge in [0.2, 0.25) is 0 Å². The van der Waals surface area contributed by atoms with Crippen molar-refractivity contribution in [3.05, 3.63) is 23.3 Å². The van der Waals surface area contributed by atoms with E-state index in [4.69, 9.17) is 14.2 Å². The van der Waals surface area contributed by atoms with Gasteiger partial charge in [0.05, 0.1) is 25.2 Å². The summed E-state index contributed by atoms with van der Waals surface area (Å²) in [6.07, 6.45) is 0.468. The quantitative estimate of drug-likeness (QED) is 0.585. The predicted octanol–water partition coefficient (Wildman–Crippen LogP) is -0.327. The molecular weight excluding hydrogens is 368 g/mol. The third-order valence-corrected chi connectivity index (χ3v) is 8.02. The fourth-order valence-electron chi connectivity index (χ4n) is 6.85. The molecule has 2 heterocycles. The van der Waals surface area contributed by atoms with E-state index < -0.39 is 58.0 Å². The van der Waals surface area contributed by atoms with E-state index in [-0.39, 0.29) is 12.4 Å². The molecule has 8 atom stereocenters. The predicted molar refractivity (Wildman–Crippen MR) is 91.6 cm³/mol. The van der Waals surface area contributed by atoms with Gasteiger partial charge in [-0.3, -0.25) is 9.59 Å². The third kappa shape index (κ3) is 1.46. The van der Waals surface area contributed by atoms with E-state index in [9.17, 15) is 24.6 Å². The second kappa shape index (κ2) is 4.75. The molecule has 5 rings (SSSR count). The Hall–Kier alpha value is -2.03. The van der Waals surface area contributed by atoms with Gasteiger partial charge in [-0.05, 0) is 37.1 Å². The summed E-state index contributed by atoms with van der Waals surface area (Å²) in [4.78, 5) is 38.8. The van der Waals surface area contributed by atoms with Crippen molar-refractivity contribution in [2.45, 2.75) is 44.2 Å². The summed E-state index contributed by atoms with van der Waals surface area (Å²) in [5.74, 6) is -3.71. The molecule has 0 aromatic heterocycles. The van der Waals surface area contributed by atoms with Gasteiger partial charge in [-0.15, -0.1) is 0 Å². The van der Waals surface area contributed by atoms with Crippen LogP contribution in [0.3, 0.4) is 0 Å². The minimum atomic E-state index is -2.10. The first-order valence-corrected chi connectivity index (χ1v) is 9.30. The van der Waals surface area contributed by atoms with E-state index in [0.717, 1.165) is 0 Å². The molecule has 0 radical (unpaired) electrons. The average Bonchev–Trinajstić information content (AvgIpc) is 3.09. The number of hydrogen-bond acceptors (Lipinski definition) is 8. The van der Waals surface area contributed by atoms with Crippen LogP contribution < -0.4 is 0 Å². The van der Waals surface area contributed by atoms with Crippen molar-refractivity contribution in [1.29, 1.82) is 0 Å². The molecule has 1 saturated carbocycles. The molecule has 8 nitrogen and oxygen atoms in total. The Morgan fingerprint density at radius 3 is 2.64 bits per heavy atom. The Morgan fingerprint density at radius 2 is 2.00 bits per heavy atom. The van der Waals surface area contributed by atoms with Crippen molar-refractivity contribution in [2.24, 2.45) is 22.7 Å². The summed E-state index contributed by atoms with van der Waals surface area (Å²) >= 11 is 0. The highest BCUT2D eigenvalue weighted by atomic mass is 16.6. The van der Waals surface area contributed by atoms with Crippen LogP contribution in [0.5, 0.6) is 0 Å². The minimum Gasteiger partial charge on any atom is -0.467 e. The Bertz CT molecular complexity index is 919. The molecule has 1 spiro atoms. The van der Waals surface area contributed by atoms with Crippen molar-refractivity contribution >= 4 is 17.7 Å². The lowest BCUT2D eigenvalue weighted by molar-refractivity contribution is -0.196. The normalized spacial score (nSPS) is 53.2. The van der Waals surface area contributed by atoms with Crippen LogP contribution in [0.4, 0.5) is 0 Å². The second-order valence-corrected chi connectivity index (χ2v) is 8.98. The van der Waals surface area contributed by atoms with Crippen LogP contribution in [-0.2, 0) is 28.6 Å². The number of fused-ring (bicyclic) bond motifs is 2. The number of hydrogen-bond donors (Lipinski definition) is 2. The molecular formula is C20H22O8. The standard InChI is InChI=1S/C20H22O8/c1-8-6-20(25,16(24)26-4)17(2)9(8)5-10(21)19-7-27-18(3)13(19)15(23)28-14(18)11(22)12(17)19/h5-6,11-14,22,25H,7H2,1-4H3/t11-,12-,13+,14+,17-,18+,19-,20+/m1/s1. The van der Waals surface area contributed by atoms with E-state index in [1.165, 1.54) is 19.3 Å². The molecule has 0 aromatic carbocycles. The van der Waals surface area contributed by atoms with Gasteiger partial charge in [-0.2, -0.15) is 0 Å². The molecule has 2 saturated heterocycles. The van der Waals surface area contributed by atoms with E-state index in [0.29, 0.717) is 11.1 Å². The maximum atomic E-state index is 13.4. The highest BCUT2D eigenvalue weighted by molar-refractivity contribution is 6.04. The summed E-state index contributed by atoms with van der Waals surface area (Å²) in [5.41, 5.74) is -5.03. The van der Waals surface area contributed by atoms with E-state index in [1.807, 2.05) is 0 Å². The van der Waals surface area contributed by atoms with E-state index in [1.54, 1.807) is 20.8 Å². The molecule has 3 aliphatic carbocycles. The number of ketones is 1. The van der Waals surface area contributed by atoms with Gasteiger partial charge < -0.3 is 24.4 Å². The number of methoxy groups -OCH3 is 1. The first-order chi connectivity index (χ1) is 13.0. The van der Waals surface area contributed by atoms with Crippen LogP contribution >= 0.6 is 0 Å². The van der Waals surface area contributed by atoms with Crippen molar-refractivity contribution in [3.8, 4) is 0 Å². The summed E-state index contributed by atoms with van der Waals surface area (Å²) in [6, 6.07) is 0. The van der Waals surface area contributed by atoms with Crippen LogP contribution in [0.2, 0.25) is 0 Å². The average molecular weight is 390 g/mol. The third-order valence-electron chi connectivity index (χ3n) is 8.02. The van der Waals surface area contributed by atoms with Gasteiger partial charge >= 0.3 is 11.9 Å². The number of aliphatic hydroxyl groups is 2. The molecule has 0 amide bonds. The summed E-state index contributed by atoms with van der Waals surface area (Å²) in [6.45, 7) is 4.91. The first-order valence-electron chi connectivity index (χ1n) is 9.30. The van der Waals surface area contributed by atoms with Crippen molar-refractivity contribution < 1.29 is 38.8 Å². The summed E-state index contributed by atoms with van der Waals surface area (Å²) in [7, 11) is 1.17. The van der Waals surface area contributed by atoms with Gasteiger partial charge in [0, 0.05) is 11.3 Å². The molecule has 150 valence electrons. The van der Waals surface area contributed by atoms with E-state index >= 15 is 0 Å². The first kappa shape index (κ1) is 18.0. The zero-order chi connectivity index (χ0) is 20.4. The maximum absolute atomic E-state index is 13.4.